The van der Waals surface area contributed by atoms with Crippen molar-refractivity contribution >= 4 is 17.5 Å². The van der Waals surface area contributed by atoms with Crippen LogP contribution in [0, 0.1) is 6.92 Å². The molecule has 1 heterocycles. The fourth-order valence-electron chi connectivity index (χ4n) is 3.07. The molecule has 0 radical (unpaired) electrons. The van der Waals surface area contributed by atoms with Crippen LogP contribution in [0.15, 0.2) is 18.2 Å². The fraction of sp³-hybridized carbons (Fsp3) is 0.562. The van der Waals surface area contributed by atoms with Crippen molar-refractivity contribution in [3.8, 4) is 0 Å². The molecule has 3 rings (SSSR count). The molecule has 1 aliphatic carbocycles. The minimum absolute atomic E-state index is 0.0992. The van der Waals surface area contributed by atoms with E-state index in [4.69, 9.17) is 21.1 Å². The number of aryl methyl sites for hydroxylation is 1. The molecule has 21 heavy (non-hydrogen) atoms. The number of hydrogen-bond donors (Lipinski definition) is 1. The summed E-state index contributed by atoms with van der Waals surface area (Å²) < 4.78 is 11.4. The van der Waals surface area contributed by atoms with Gasteiger partial charge in [0.15, 0.2) is 5.79 Å². The molecule has 2 fully saturated rings. The van der Waals surface area contributed by atoms with Gasteiger partial charge in [-0.25, -0.2) is 0 Å². The summed E-state index contributed by atoms with van der Waals surface area (Å²) in [6.07, 6.45) is 3.41. The number of hydrogen-bond acceptors (Lipinski definition) is 3. The molecule has 0 aromatic heterocycles. The normalized spacial score (nSPS) is 21.6. The Morgan fingerprint density at radius 2 is 1.95 bits per heavy atom. The van der Waals surface area contributed by atoms with Crippen LogP contribution in [-0.2, 0) is 9.47 Å². The van der Waals surface area contributed by atoms with E-state index in [2.05, 4.69) is 5.32 Å². The van der Waals surface area contributed by atoms with Crippen LogP contribution in [0.4, 0.5) is 0 Å². The van der Waals surface area contributed by atoms with E-state index in [1.165, 1.54) is 0 Å². The smallest absolute Gasteiger partial charge is 0.253 e. The molecule has 1 saturated heterocycles. The standard InChI is InChI=1S/C16H20ClNO3/c1-11-3-2-4-13(14(11)17)15(19)18-12-5-7-16(8-6-12)20-9-10-21-16/h2-4,12H,5-10H2,1H3,(H,18,19). The van der Waals surface area contributed by atoms with Crippen molar-refractivity contribution in [1.82, 2.24) is 5.32 Å². The third-order valence-electron chi connectivity index (χ3n) is 4.33. The van der Waals surface area contributed by atoms with Gasteiger partial charge in [-0.2, -0.15) is 0 Å². The monoisotopic (exact) mass is 309 g/mol. The summed E-state index contributed by atoms with van der Waals surface area (Å²) in [4.78, 5) is 12.3. The van der Waals surface area contributed by atoms with E-state index in [9.17, 15) is 4.79 Å². The fourth-order valence-corrected chi connectivity index (χ4v) is 3.29. The first-order valence-electron chi connectivity index (χ1n) is 7.44. The van der Waals surface area contributed by atoms with Crippen molar-refractivity contribution in [2.45, 2.75) is 44.4 Å². The average molecular weight is 310 g/mol. The number of benzene rings is 1. The molecule has 5 heteroatoms. The number of carbonyl (C=O) groups is 1. The first-order valence-corrected chi connectivity index (χ1v) is 7.81. The van der Waals surface area contributed by atoms with Crippen molar-refractivity contribution in [3.05, 3.63) is 34.3 Å². The van der Waals surface area contributed by atoms with E-state index >= 15 is 0 Å². The summed E-state index contributed by atoms with van der Waals surface area (Å²) in [7, 11) is 0. The lowest BCUT2D eigenvalue weighted by molar-refractivity contribution is -0.179. The molecule has 1 aliphatic heterocycles. The zero-order valence-electron chi connectivity index (χ0n) is 12.2. The van der Waals surface area contributed by atoms with E-state index in [-0.39, 0.29) is 17.7 Å². The molecule has 114 valence electrons. The third-order valence-corrected chi connectivity index (χ3v) is 4.83. The Bertz CT molecular complexity index is 530. The Balaban J connectivity index is 1.60. The average Bonchev–Trinajstić information content (AvgIpc) is 2.93. The summed E-state index contributed by atoms with van der Waals surface area (Å²) in [5.74, 6) is -0.486. The minimum atomic E-state index is -0.387. The Morgan fingerprint density at radius 1 is 1.29 bits per heavy atom. The van der Waals surface area contributed by atoms with Crippen molar-refractivity contribution in [1.29, 1.82) is 0 Å². The van der Waals surface area contributed by atoms with Gasteiger partial charge in [0.25, 0.3) is 5.91 Å². The Kier molecular flexibility index (Phi) is 4.20. The predicted molar refractivity (Wildman–Crippen MR) is 80.5 cm³/mol. The molecule has 1 saturated carbocycles. The second kappa shape index (κ2) is 5.95. The number of ether oxygens (including phenoxy) is 2. The topological polar surface area (TPSA) is 47.6 Å². The molecule has 0 bridgehead atoms. The third kappa shape index (κ3) is 3.07. The molecule has 0 unspecified atom stereocenters. The zero-order chi connectivity index (χ0) is 14.9. The summed E-state index contributed by atoms with van der Waals surface area (Å²) in [6.45, 7) is 3.25. The van der Waals surface area contributed by atoms with Gasteiger partial charge >= 0.3 is 0 Å². The van der Waals surface area contributed by atoms with Crippen LogP contribution in [0.2, 0.25) is 5.02 Å². The van der Waals surface area contributed by atoms with Crippen molar-refractivity contribution in [2.24, 2.45) is 0 Å². The maximum Gasteiger partial charge on any atom is 0.253 e. The molecule has 1 aromatic carbocycles. The van der Waals surface area contributed by atoms with Gasteiger partial charge in [0.2, 0.25) is 0 Å². The van der Waals surface area contributed by atoms with Gasteiger partial charge in [-0.3, -0.25) is 4.79 Å². The maximum atomic E-state index is 12.3. The summed E-state index contributed by atoms with van der Waals surface area (Å²) in [5, 5.41) is 3.61. The van der Waals surface area contributed by atoms with Crippen LogP contribution in [0.1, 0.15) is 41.6 Å². The summed E-state index contributed by atoms with van der Waals surface area (Å²) in [5.41, 5.74) is 1.46. The Hall–Kier alpha value is -1.10. The van der Waals surface area contributed by atoms with Gasteiger partial charge in [-0.05, 0) is 31.4 Å². The van der Waals surface area contributed by atoms with Gasteiger partial charge in [0.1, 0.15) is 0 Å². The van der Waals surface area contributed by atoms with Crippen LogP contribution in [0.25, 0.3) is 0 Å². The number of carbonyl (C=O) groups excluding carboxylic acids is 1. The van der Waals surface area contributed by atoms with Crippen molar-refractivity contribution in [2.75, 3.05) is 13.2 Å². The lowest BCUT2D eigenvalue weighted by atomic mass is 9.90. The highest BCUT2D eigenvalue weighted by atomic mass is 35.5. The van der Waals surface area contributed by atoms with Gasteiger partial charge in [-0.1, -0.05) is 23.7 Å². The summed E-state index contributed by atoms with van der Waals surface area (Å²) in [6, 6.07) is 5.68. The molecule has 1 N–H and O–H groups in total. The number of amides is 1. The van der Waals surface area contributed by atoms with Crippen LogP contribution in [0.5, 0.6) is 0 Å². The van der Waals surface area contributed by atoms with Gasteiger partial charge in [0, 0.05) is 18.9 Å². The van der Waals surface area contributed by atoms with Gasteiger partial charge < -0.3 is 14.8 Å². The highest BCUT2D eigenvalue weighted by Gasteiger charge is 2.40. The van der Waals surface area contributed by atoms with Crippen molar-refractivity contribution < 1.29 is 14.3 Å². The molecule has 2 aliphatic rings. The Morgan fingerprint density at radius 3 is 2.62 bits per heavy atom. The van der Waals surface area contributed by atoms with E-state index in [0.717, 1.165) is 31.2 Å². The highest BCUT2D eigenvalue weighted by Crippen LogP contribution is 2.35. The van der Waals surface area contributed by atoms with Crippen LogP contribution < -0.4 is 5.32 Å². The van der Waals surface area contributed by atoms with Crippen LogP contribution in [-0.4, -0.2) is 30.9 Å². The minimum Gasteiger partial charge on any atom is -0.349 e. The molecule has 1 amide bonds. The SMILES string of the molecule is Cc1cccc(C(=O)NC2CCC3(CC2)OCCO3)c1Cl. The summed E-state index contributed by atoms with van der Waals surface area (Å²) >= 11 is 6.20. The quantitative estimate of drug-likeness (QED) is 0.913. The second-order valence-corrected chi connectivity index (χ2v) is 6.17. The van der Waals surface area contributed by atoms with Crippen molar-refractivity contribution in [3.63, 3.8) is 0 Å². The highest BCUT2D eigenvalue weighted by molar-refractivity contribution is 6.34. The van der Waals surface area contributed by atoms with E-state index < -0.39 is 0 Å². The Labute approximate surface area is 129 Å². The lowest BCUT2D eigenvalue weighted by Gasteiger charge is -2.35. The first-order chi connectivity index (χ1) is 10.1. The van der Waals surface area contributed by atoms with Gasteiger partial charge in [-0.15, -0.1) is 0 Å². The second-order valence-electron chi connectivity index (χ2n) is 5.79. The van der Waals surface area contributed by atoms with Gasteiger partial charge in [0.05, 0.1) is 23.8 Å². The van der Waals surface area contributed by atoms with Crippen LogP contribution in [0.3, 0.4) is 0 Å². The number of nitrogens with one attached hydrogen (secondary N) is 1. The number of halogens is 1. The molecule has 4 nitrogen and oxygen atoms in total. The molecule has 1 aromatic rings. The van der Waals surface area contributed by atoms with E-state index in [1.807, 2.05) is 19.1 Å². The first kappa shape index (κ1) is 14.8. The zero-order valence-corrected chi connectivity index (χ0v) is 12.9. The van der Waals surface area contributed by atoms with Crippen LogP contribution >= 0.6 is 11.6 Å². The predicted octanol–water partition coefficient (Wildman–Crippen LogP) is 3.06. The molecular weight excluding hydrogens is 290 g/mol. The van der Waals surface area contributed by atoms with E-state index in [1.54, 1.807) is 6.07 Å². The maximum absolute atomic E-state index is 12.3. The largest absolute Gasteiger partial charge is 0.349 e. The number of rotatable bonds is 2. The molecule has 1 spiro atoms. The lowest BCUT2D eigenvalue weighted by Crippen LogP contribution is -2.44. The molecular formula is C16H20ClNO3. The molecule has 0 atom stereocenters. The van der Waals surface area contributed by atoms with E-state index in [0.29, 0.717) is 23.8 Å².